The number of carbonyl (C=O) groups excluding carboxylic acids is 1. The van der Waals surface area contributed by atoms with Crippen molar-refractivity contribution in [3.63, 3.8) is 0 Å². The van der Waals surface area contributed by atoms with E-state index in [4.69, 9.17) is 4.74 Å². The summed E-state index contributed by atoms with van der Waals surface area (Å²) in [5.74, 6) is 1.28. The van der Waals surface area contributed by atoms with Crippen LogP contribution in [0.15, 0.2) is 12.2 Å². The molecule has 4 unspecified atom stereocenters. The summed E-state index contributed by atoms with van der Waals surface area (Å²) in [5, 5.41) is 0. The maximum Gasteiger partial charge on any atom is 0.308 e. The monoisotopic (exact) mass is 250 g/mol. The second kappa shape index (κ2) is 6.40. The maximum absolute atomic E-state index is 12.0. The highest BCUT2D eigenvalue weighted by molar-refractivity contribution is 5.72. The van der Waals surface area contributed by atoms with Gasteiger partial charge in [-0.2, -0.15) is 0 Å². The number of fused-ring (bicyclic) bond motifs is 2. The Bertz CT molecular complexity index is 308. The summed E-state index contributed by atoms with van der Waals surface area (Å²) in [6.07, 6.45) is 12.8. The topological polar surface area (TPSA) is 26.3 Å². The van der Waals surface area contributed by atoms with Gasteiger partial charge in [-0.3, -0.25) is 4.79 Å². The quantitative estimate of drug-likeness (QED) is 0.386. The molecule has 0 saturated heterocycles. The van der Waals surface area contributed by atoms with Crippen molar-refractivity contribution in [2.24, 2.45) is 17.8 Å². The van der Waals surface area contributed by atoms with E-state index in [9.17, 15) is 4.79 Å². The molecule has 0 aromatic carbocycles. The molecule has 102 valence electrons. The maximum atomic E-state index is 12.0. The zero-order chi connectivity index (χ0) is 13.0. The van der Waals surface area contributed by atoms with Crippen molar-refractivity contribution in [1.29, 1.82) is 0 Å². The Kier molecular flexibility index (Phi) is 4.85. The summed E-state index contributed by atoms with van der Waals surface area (Å²) in [7, 11) is 0. The minimum Gasteiger partial charge on any atom is -0.462 e. The van der Waals surface area contributed by atoms with Crippen molar-refractivity contribution in [2.75, 3.05) is 0 Å². The number of ether oxygens (including phenoxy) is 1. The predicted molar refractivity (Wildman–Crippen MR) is 73.2 cm³/mol. The molecule has 0 amide bonds. The lowest BCUT2D eigenvalue weighted by Gasteiger charge is -2.21. The lowest BCUT2D eigenvalue weighted by Crippen LogP contribution is -2.25. The molecule has 2 rings (SSSR count). The highest BCUT2D eigenvalue weighted by Crippen LogP contribution is 2.41. The molecular weight excluding hydrogens is 224 g/mol. The fourth-order valence-corrected chi connectivity index (χ4v) is 3.13. The van der Waals surface area contributed by atoms with Crippen LogP contribution in [0.3, 0.4) is 0 Å². The van der Waals surface area contributed by atoms with E-state index in [2.05, 4.69) is 19.1 Å². The molecule has 0 N–H and O–H groups in total. The van der Waals surface area contributed by atoms with Crippen LogP contribution in [0.4, 0.5) is 0 Å². The Balaban J connectivity index is 1.66. The molecule has 2 heteroatoms. The molecule has 0 aromatic heterocycles. The molecule has 0 spiro atoms. The first-order chi connectivity index (χ1) is 8.70. The van der Waals surface area contributed by atoms with Crippen molar-refractivity contribution in [3.05, 3.63) is 12.2 Å². The van der Waals surface area contributed by atoms with Gasteiger partial charge in [-0.15, -0.1) is 0 Å². The summed E-state index contributed by atoms with van der Waals surface area (Å²) in [6.45, 7) is 4.22. The molecule has 4 atom stereocenters. The van der Waals surface area contributed by atoms with Crippen molar-refractivity contribution in [2.45, 2.75) is 64.9 Å². The van der Waals surface area contributed by atoms with Gasteiger partial charge in [0.25, 0.3) is 0 Å². The standard InChI is InChI=1S/C16H26O2/c1-3-4-5-6-7-12(2)16(17)18-15-11-13-8-9-14(15)10-13/h8-9,12-15H,3-7,10-11H2,1-2H3. The number of carbonyl (C=O) groups is 1. The molecule has 2 aliphatic rings. The molecule has 2 nitrogen and oxygen atoms in total. The average molecular weight is 250 g/mol. The van der Waals surface area contributed by atoms with Crippen LogP contribution in [0.2, 0.25) is 0 Å². The van der Waals surface area contributed by atoms with Crippen molar-refractivity contribution >= 4 is 5.97 Å². The normalized spacial score (nSPS) is 30.7. The number of rotatable bonds is 7. The smallest absolute Gasteiger partial charge is 0.308 e. The van der Waals surface area contributed by atoms with Gasteiger partial charge in [0.1, 0.15) is 6.10 Å². The number of hydrogen-bond donors (Lipinski definition) is 0. The highest BCUT2D eigenvalue weighted by Gasteiger charge is 2.38. The van der Waals surface area contributed by atoms with Crippen LogP contribution in [0, 0.1) is 17.8 Å². The van der Waals surface area contributed by atoms with Gasteiger partial charge in [0.15, 0.2) is 0 Å². The summed E-state index contributed by atoms with van der Waals surface area (Å²) < 4.78 is 5.67. The zero-order valence-electron chi connectivity index (χ0n) is 11.7. The van der Waals surface area contributed by atoms with Crippen LogP contribution in [0.25, 0.3) is 0 Å². The van der Waals surface area contributed by atoms with Gasteiger partial charge in [-0.25, -0.2) is 0 Å². The summed E-state index contributed by atoms with van der Waals surface area (Å²) >= 11 is 0. The number of esters is 1. The third-order valence-electron chi connectivity index (χ3n) is 4.38. The van der Waals surface area contributed by atoms with Gasteiger partial charge >= 0.3 is 5.97 Å². The van der Waals surface area contributed by atoms with Crippen LogP contribution < -0.4 is 0 Å². The molecule has 0 aliphatic heterocycles. The molecule has 1 fully saturated rings. The summed E-state index contributed by atoms with van der Waals surface area (Å²) in [4.78, 5) is 12.0. The van der Waals surface area contributed by atoms with Gasteiger partial charge in [-0.05, 0) is 25.2 Å². The first kappa shape index (κ1) is 13.6. The lowest BCUT2D eigenvalue weighted by atomic mass is 10.0. The van der Waals surface area contributed by atoms with Crippen LogP contribution >= 0.6 is 0 Å². The lowest BCUT2D eigenvalue weighted by molar-refractivity contribution is -0.154. The van der Waals surface area contributed by atoms with E-state index in [-0.39, 0.29) is 18.0 Å². The average Bonchev–Trinajstić information content (AvgIpc) is 2.96. The molecule has 0 aromatic rings. The molecule has 0 radical (unpaired) electrons. The third-order valence-corrected chi connectivity index (χ3v) is 4.38. The molecule has 0 heterocycles. The Morgan fingerprint density at radius 3 is 2.72 bits per heavy atom. The Morgan fingerprint density at radius 1 is 1.28 bits per heavy atom. The summed E-state index contributed by atoms with van der Waals surface area (Å²) in [6, 6.07) is 0. The largest absolute Gasteiger partial charge is 0.462 e. The van der Waals surface area contributed by atoms with E-state index < -0.39 is 0 Å². The number of hydrogen-bond acceptors (Lipinski definition) is 2. The number of unbranched alkanes of at least 4 members (excludes halogenated alkanes) is 3. The van der Waals surface area contributed by atoms with Gasteiger partial charge in [0, 0.05) is 5.92 Å². The Labute approximate surface area is 111 Å². The van der Waals surface area contributed by atoms with Crippen molar-refractivity contribution < 1.29 is 9.53 Å². The SMILES string of the molecule is CCCCCCC(C)C(=O)OC1CC2C=CC1C2. The van der Waals surface area contributed by atoms with E-state index in [0.717, 1.165) is 19.3 Å². The van der Waals surface area contributed by atoms with E-state index in [1.54, 1.807) is 0 Å². The van der Waals surface area contributed by atoms with Crippen molar-refractivity contribution in [1.82, 2.24) is 0 Å². The summed E-state index contributed by atoms with van der Waals surface area (Å²) in [5.41, 5.74) is 0. The van der Waals surface area contributed by atoms with Gasteiger partial charge < -0.3 is 4.74 Å². The highest BCUT2D eigenvalue weighted by atomic mass is 16.5. The molecule has 2 aliphatic carbocycles. The van der Waals surface area contributed by atoms with E-state index >= 15 is 0 Å². The molecule has 2 bridgehead atoms. The van der Waals surface area contributed by atoms with Crippen molar-refractivity contribution in [3.8, 4) is 0 Å². The molecule has 18 heavy (non-hydrogen) atoms. The van der Waals surface area contributed by atoms with Crippen LogP contribution in [-0.2, 0) is 9.53 Å². The van der Waals surface area contributed by atoms with Gasteiger partial charge in [-0.1, -0.05) is 51.7 Å². The van der Waals surface area contributed by atoms with Gasteiger partial charge in [0.05, 0.1) is 5.92 Å². The fraction of sp³-hybridized carbons (Fsp3) is 0.812. The second-order valence-electron chi connectivity index (χ2n) is 6.01. The number of allylic oxidation sites excluding steroid dienone is 1. The first-order valence-corrected chi connectivity index (χ1v) is 7.59. The second-order valence-corrected chi connectivity index (χ2v) is 6.01. The minimum absolute atomic E-state index is 0.0254. The predicted octanol–water partition coefficient (Wildman–Crippen LogP) is 4.10. The molecule has 1 saturated carbocycles. The Hall–Kier alpha value is -0.790. The first-order valence-electron chi connectivity index (χ1n) is 7.59. The van der Waals surface area contributed by atoms with E-state index in [0.29, 0.717) is 11.8 Å². The Morgan fingerprint density at radius 2 is 2.11 bits per heavy atom. The van der Waals surface area contributed by atoms with Crippen LogP contribution in [-0.4, -0.2) is 12.1 Å². The van der Waals surface area contributed by atoms with E-state index in [1.165, 1.54) is 25.7 Å². The fourth-order valence-electron chi connectivity index (χ4n) is 3.13. The molecular formula is C16H26O2. The van der Waals surface area contributed by atoms with E-state index in [1.807, 2.05) is 6.92 Å². The zero-order valence-corrected chi connectivity index (χ0v) is 11.7. The minimum atomic E-state index is 0.0254. The van der Waals surface area contributed by atoms with Gasteiger partial charge in [0.2, 0.25) is 0 Å². The van der Waals surface area contributed by atoms with Crippen LogP contribution in [0.1, 0.15) is 58.8 Å². The van der Waals surface area contributed by atoms with Crippen LogP contribution in [0.5, 0.6) is 0 Å². The third kappa shape index (κ3) is 3.37.